The van der Waals surface area contributed by atoms with E-state index in [9.17, 15) is 0 Å². The minimum absolute atomic E-state index is 0.500. The molecule has 1 aliphatic rings. The van der Waals surface area contributed by atoms with E-state index in [1.807, 2.05) is 12.4 Å². The average molecular weight is 301 g/mol. The second-order valence-electron chi connectivity index (χ2n) is 3.35. The SMILES string of the molecule is Ic1cnc(NC2CC=CCC2)nc1. The zero-order valence-electron chi connectivity index (χ0n) is 7.78. The predicted molar refractivity (Wildman–Crippen MR) is 65.2 cm³/mol. The van der Waals surface area contributed by atoms with Gasteiger partial charge in [-0.3, -0.25) is 0 Å². The van der Waals surface area contributed by atoms with Crippen LogP contribution in [0.1, 0.15) is 19.3 Å². The summed E-state index contributed by atoms with van der Waals surface area (Å²) in [7, 11) is 0. The van der Waals surface area contributed by atoms with Gasteiger partial charge < -0.3 is 5.32 Å². The minimum Gasteiger partial charge on any atom is -0.351 e. The van der Waals surface area contributed by atoms with E-state index >= 15 is 0 Å². The molecule has 0 aromatic carbocycles. The highest BCUT2D eigenvalue weighted by molar-refractivity contribution is 14.1. The third-order valence-electron chi connectivity index (χ3n) is 2.22. The third kappa shape index (κ3) is 2.67. The molecule has 0 amide bonds. The number of hydrogen-bond acceptors (Lipinski definition) is 3. The highest BCUT2D eigenvalue weighted by atomic mass is 127. The number of nitrogens with one attached hydrogen (secondary N) is 1. The molecular formula is C10H12IN3. The number of allylic oxidation sites excluding steroid dienone is 1. The maximum absolute atomic E-state index is 4.22. The van der Waals surface area contributed by atoms with Crippen molar-refractivity contribution in [2.24, 2.45) is 0 Å². The number of halogens is 1. The van der Waals surface area contributed by atoms with Crippen molar-refractivity contribution in [2.75, 3.05) is 5.32 Å². The molecule has 3 nitrogen and oxygen atoms in total. The second-order valence-corrected chi connectivity index (χ2v) is 4.60. The second kappa shape index (κ2) is 4.72. The minimum atomic E-state index is 0.500. The Morgan fingerprint density at radius 2 is 2.07 bits per heavy atom. The summed E-state index contributed by atoms with van der Waals surface area (Å²) < 4.78 is 1.07. The summed E-state index contributed by atoms with van der Waals surface area (Å²) in [6.07, 6.45) is 11.5. The first-order valence-electron chi connectivity index (χ1n) is 4.73. The molecule has 2 rings (SSSR count). The maximum atomic E-state index is 4.22. The molecular weight excluding hydrogens is 289 g/mol. The van der Waals surface area contributed by atoms with E-state index < -0.39 is 0 Å². The number of rotatable bonds is 2. The van der Waals surface area contributed by atoms with Gasteiger partial charge >= 0.3 is 0 Å². The van der Waals surface area contributed by atoms with Crippen molar-refractivity contribution >= 4 is 28.5 Å². The molecule has 0 bridgehead atoms. The molecule has 1 aromatic rings. The van der Waals surface area contributed by atoms with Gasteiger partial charge in [0.2, 0.25) is 5.95 Å². The van der Waals surface area contributed by atoms with Gasteiger partial charge in [0, 0.05) is 22.0 Å². The molecule has 1 atom stereocenters. The van der Waals surface area contributed by atoms with Crippen LogP contribution in [0.3, 0.4) is 0 Å². The van der Waals surface area contributed by atoms with E-state index in [1.54, 1.807) is 0 Å². The van der Waals surface area contributed by atoms with Crippen LogP contribution in [-0.4, -0.2) is 16.0 Å². The van der Waals surface area contributed by atoms with Crippen LogP contribution in [0.4, 0.5) is 5.95 Å². The Bertz CT molecular complexity index is 321. The van der Waals surface area contributed by atoms with E-state index in [-0.39, 0.29) is 0 Å². The van der Waals surface area contributed by atoms with Crippen LogP contribution in [0.5, 0.6) is 0 Å². The van der Waals surface area contributed by atoms with Crippen molar-refractivity contribution in [3.8, 4) is 0 Å². The summed E-state index contributed by atoms with van der Waals surface area (Å²) in [5.74, 6) is 0.741. The highest BCUT2D eigenvalue weighted by Crippen LogP contribution is 2.14. The molecule has 1 N–H and O–H groups in total. The Morgan fingerprint density at radius 1 is 1.29 bits per heavy atom. The fourth-order valence-electron chi connectivity index (χ4n) is 1.49. The van der Waals surface area contributed by atoms with Crippen molar-refractivity contribution in [3.05, 3.63) is 28.1 Å². The summed E-state index contributed by atoms with van der Waals surface area (Å²) in [6.45, 7) is 0. The van der Waals surface area contributed by atoms with Gasteiger partial charge in [-0.1, -0.05) is 12.2 Å². The highest BCUT2D eigenvalue weighted by Gasteiger charge is 2.09. The Labute approximate surface area is 97.2 Å². The van der Waals surface area contributed by atoms with Gasteiger partial charge in [0.15, 0.2) is 0 Å². The summed E-state index contributed by atoms with van der Waals surface area (Å²) >= 11 is 2.20. The number of anilines is 1. The van der Waals surface area contributed by atoms with E-state index in [0.29, 0.717) is 6.04 Å². The van der Waals surface area contributed by atoms with Gasteiger partial charge in [-0.2, -0.15) is 0 Å². The monoisotopic (exact) mass is 301 g/mol. The van der Waals surface area contributed by atoms with Crippen LogP contribution in [0.25, 0.3) is 0 Å². The molecule has 0 aliphatic heterocycles. The smallest absolute Gasteiger partial charge is 0.222 e. The Balaban J connectivity index is 1.96. The standard InChI is InChI=1S/C10H12IN3/c11-8-6-12-10(13-7-8)14-9-4-2-1-3-5-9/h1-2,6-7,9H,3-5H2,(H,12,13,14). The number of nitrogens with zero attached hydrogens (tertiary/aromatic N) is 2. The fraction of sp³-hybridized carbons (Fsp3) is 0.400. The number of aromatic nitrogens is 2. The van der Waals surface area contributed by atoms with Gasteiger partial charge in [0.05, 0.1) is 0 Å². The molecule has 1 unspecified atom stereocenters. The first kappa shape index (κ1) is 9.89. The first-order valence-corrected chi connectivity index (χ1v) is 5.81. The molecule has 1 aromatic heterocycles. The molecule has 1 aliphatic carbocycles. The lowest BCUT2D eigenvalue weighted by Gasteiger charge is -2.18. The lowest BCUT2D eigenvalue weighted by atomic mass is 10.0. The summed E-state index contributed by atoms with van der Waals surface area (Å²) in [4.78, 5) is 8.44. The van der Waals surface area contributed by atoms with Gasteiger partial charge in [0.25, 0.3) is 0 Å². The molecule has 0 saturated carbocycles. The lowest BCUT2D eigenvalue weighted by molar-refractivity contribution is 0.639. The summed E-state index contributed by atoms with van der Waals surface area (Å²) in [6, 6.07) is 0.500. The molecule has 0 radical (unpaired) electrons. The average Bonchev–Trinajstić information content (AvgIpc) is 2.23. The fourth-order valence-corrected chi connectivity index (χ4v) is 1.77. The topological polar surface area (TPSA) is 37.8 Å². The molecule has 14 heavy (non-hydrogen) atoms. The van der Waals surface area contributed by atoms with E-state index in [2.05, 4.69) is 50.0 Å². The first-order chi connectivity index (χ1) is 6.84. The van der Waals surface area contributed by atoms with Crippen LogP contribution in [0.2, 0.25) is 0 Å². The Kier molecular flexibility index (Phi) is 3.34. The van der Waals surface area contributed by atoms with Crippen molar-refractivity contribution in [2.45, 2.75) is 25.3 Å². The van der Waals surface area contributed by atoms with Crippen LogP contribution in [-0.2, 0) is 0 Å². The summed E-state index contributed by atoms with van der Waals surface area (Å²) in [5.41, 5.74) is 0. The summed E-state index contributed by atoms with van der Waals surface area (Å²) in [5, 5.41) is 3.33. The van der Waals surface area contributed by atoms with Gasteiger partial charge in [0.1, 0.15) is 0 Å². The molecule has 1 heterocycles. The Hall–Kier alpha value is -0.650. The molecule has 4 heteroatoms. The van der Waals surface area contributed by atoms with Crippen LogP contribution < -0.4 is 5.32 Å². The van der Waals surface area contributed by atoms with Gasteiger partial charge in [-0.25, -0.2) is 9.97 Å². The van der Waals surface area contributed by atoms with Gasteiger partial charge in [-0.05, 0) is 41.9 Å². The maximum Gasteiger partial charge on any atom is 0.222 e. The van der Waals surface area contributed by atoms with E-state index in [4.69, 9.17) is 0 Å². The zero-order chi connectivity index (χ0) is 9.80. The normalized spacial score (nSPS) is 20.8. The quantitative estimate of drug-likeness (QED) is 0.674. The Morgan fingerprint density at radius 3 is 2.71 bits per heavy atom. The number of hydrogen-bond donors (Lipinski definition) is 1. The van der Waals surface area contributed by atoms with Crippen molar-refractivity contribution in [3.63, 3.8) is 0 Å². The van der Waals surface area contributed by atoms with Crippen molar-refractivity contribution in [1.29, 1.82) is 0 Å². The van der Waals surface area contributed by atoms with Crippen molar-refractivity contribution in [1.82, 2.24) is 9.97 Å². The van der Waals surface area contributed by atoms with Gasteiger partial charge in [-0.15, -0.1) is 0 Å². The predicted octanol–water partition coefficient (Wildman–Crippen LogP) is 2.60. The van der Waals surface area contributed by atoms with Crippen LogP contribution in [0, 0.1) is 3.57 Å². The molecule has 0 spiro atoms. The molecule has 74 valence electrons. The molecule has 0 saturated heterocycles. The third-order valence-corrected chi connectivity index (χ3v) is 2.78. The van der Waals surface area contributed by atoms with E-state index in [1.165, 1.54) is 6.42 Å². The molecule has 0 fully saturated rings. The largest absolute Gasteiger partial charge is 0.351 e. The van der Waals surface area contributed by atoms with Crippen LogP contribution >= 0.6 is 22.6 Å². The zero-order valence-corrected chi connectivity index (χ0v) is 9.94. The van der Waals surface area contributed by atoms with Crippen molar-refractivity contribution < 1.29 is 0 Å². The lowest BCUT2D eigenvalue weighted by Crippen LogP contribution is -2.21. The van der Waals surface area contributed by atoms with E-state index in [0.717, 1.165) is 22.4 Å². The van der Waals surface area contributed by atoms with Crippen LogP contribution in [0.15, 0.2) is 24.5 Å².